The van der Waals surface area contributed by atoms with E-state index >= 15 is 0 Å². The first-order valence-electron chi connectivity index (χ1n) is 8.88. The molecule has 7 heteroatoms. The average molecular weight is 401 g/mol. The molecule has 6 nitrogen and oxygen atoms in total. The van der Waals surface area contributed by atoms with Crippen LogP contribution >= 0.6 is 11.8 Å². The second-order valence-corrected chi connectivity index (χ2v) is 7.45. The van der Waals surface area contributed by atoms with Crippen LogP contribution in [0.4, 0.5) is 0 Å². The highest BCUT2D eigenvalue weighted by Gasteiger charge is 2.26. The second-order valence-electron chi connectivity index (χ2n) is 6.46. The van der Waals surface area contributed by atoms with Crippen LogP contribution < -0.4 is 0 Å². The smallest absolute Gasteiger partial charge is 0.324 e. The molecule has 0 aliphatic rings. The molecule has 0 saturated heterocycles. The highest BCUT2D eigenvalue weighted by molar-refractivity contribution is 8.14. The number of carboxylic acid groups (broad SMARTS) is 1. The molecule has 1 unspecified atom stereocenters. The predicted molar refractivity (Wildman–Crippen MR) is 110 cm³/mol. The van der Waals surface area contributed by atoms with Crippen molar-refractivity contribution in [3.05, 3.63) is 71.8 Å². The molecule has 0 aliphatic carbocycles. The Balaban J connectivity index is 2.00. The molecule has 0 fully saturated rings. The van der Waals surface area contributed by atoms with Crippen molar-refractivity contribution in [1.29, 1.82) is 0 Å². The van der Waals surface area contributed by atoms with E-state index in [2.05, 4.69) is 0 Å². The Kier molecular flexibility index (Phi) is 8.22. The van der Waals surface area contributed by atoms with Crippen LogP contribution in [0, 0.1) is 5.92 Å². The molecule has 1 amide bonds. The number of benzene rings is 2. The van der Waals surface area contributed by atoms with E-state index < -0.39 is 18.4 Å². The molecular weight excluding hydrogens is 376 g/mol. The van der Waals surface area contributed by atoms with Gasteiger partial charge in [0.2, 0.25) is 11.0 Å². The van der Waals surface area contributed by atoms with E-state index in [1.165, 1.54) is 5.01 Å². The zero-order chi connectivity index (χ0) is 20.5. The van der Waals surface area contributed by atoms with E-state index in [-0.39, 0.29) is 16.8 Å². The molecule has 1 atom stereocenters. The van der Waals surface area contributed by atoms with Gasteiger partial charge in [0.25, 0.3) is 0 Å². The molecule has 28 heavy (non-hydrogen) atoms. The third-order valence-electron chi connectivity index (χ3n) is 4.10. The lowest BCUT2D eigenvalue weighted by Crippen LogP contribution is -2.49. The number of thioether (sulfide) groups is 1. The van der Waals surface area contributed by atoms with Gasteiger partial charge in [-0.2, -0.15) is 0 Å². The van der Waals surface area contributed by atoms with Gasteiger partial charge in [-0.05, 0) is 5.56 Å². The number of hydrazine groups is 1. The molecule has 0 aliphatic heterocycles. The molecule has 0 spiro atoms. The third kappa shape index (κ3) is 6.51. The molecule has 0 saturated carbocycles. The van der Waals surface area contributed by atoms with Crippen LogP contribution in [0.3, 0.4) is 0 Å². The molecule has 0 aromatic heterocycles. The summed E-state index contributed by atoms with van der Waals surface area (Å²) in [6, 6.07) is 18.4. The van der Waals surface area contributed by atoms with Gasteiger partial charge < -0.3 is 5.11 Å². The first-order valence-corrected chi connectivity index (χ1v) is 9.87. The van der Waals surface area contributed by atoms with Crippen LogP contribution in [0.2, 0.25) is 0 Å². The van der Waals surface area contributed by atoms with Crippen molar-refractivity contribution in [3.8, 4) is 0 Å². The van der Waals surface area contributed by atoms with E-state index in [1.54, 1.807) is 43.2 Å². The quantitative estimate of drug-likeness (QED) is 0.652. The summed E-state index contributed by atoms with van der Waals surface area (Å²) < 4.78 is 0. The third-order valence-corrected chi connectivity index (χ3v) is 5.27. The summed E-state index contributed by atoms with van der Waals surface area (Å²) >= 11 is 1.07. The van der Waals surface area contributed by atoms with E-state index in [1.807, 2.05) is 36.4 Å². The first kappa shape index (κ1) is 21.7. The van der Waals surface area contributed by atoms with Crippen molar-refractivity contribution in [2.24, 2.45) is 5.92 Å². The van der Waals surface area contributed by atoms with Gasteiger partial charge in [0, 0.05) is 30.8 Å². The standard InChI is InChI=1S/C21H24N2O4S/c1-16(15-28-21(27)18-11-7-4-8-12-18)20(26)23(14-19(24)25)22(2)13-17-9-5-3-6-10-17/h3-12,16H,13-15H2,1-2H3,(H,24,25). The lowest BCUT2D eigenvalue weighted by Gasteiger charge is -2.32. The predicted octanol–water partition coefficient (Wildman–Crippen LogP) is 3.16. The molecule has 148 valence electrons. The molecule has 2 rings (SSSR count). The Hall–Kier alpha value is -2.64. The number of aliphatic carboxylic acids is 1. The average Bonchev–Trinajstić information content (AvgIpc) is 2.70. The fourth-order valence-corrected chi connectivity index (χ4v) is 3.46. The largest absolute Gasteiger partial charge is 0.480 e. The van der Waals surface area contributed by atoms with E-state index in [0.29, 0.717) is 12.1 Å². The Morgan fingerprint density at radius 3 is 2.14 bits per heavy atom. The first-order chi connectivity index (χ1) is 13.4. The van der Waals surface area contributed by atoms with Crippen molar-refractivity contribution in [2.45, 2.75) is 13.5 Å². The second kappa shape index (κ2) is 10.6. The number of carbonyl (C=O) groups excluding carboxylic acids is 2. The summed E-state index contributed by atoms with van der Waals surface area (Å²) in [4.78, 5) is 36.3. The van der Waals surface area contributed by atoms with Crippen LogP contribution in [0.1, 0.15) is 22.8 Å². The number of hydrogen-bond acceptors (Lipinski definition) is 5. The molecule has 0 heterocycles. The van der Waals surface area contributed by atoms with Crippen LogP contribution in [-0.2, 0) is 16.1 Å². The van der Waals surface area contributed by atoms with Gasteiger partial charge in [-0.3, -0.25) is 19.4 Å². The number of carboxylic acids is 1. The molecule has 2 aromatic rings. The minimum Gasteiger partial charge on any atom is -0.480 e. The monoisotopic (exact) mass is 400 g/mol. The highest BCUT2D eigenvalue weighted by Crippen LogP contribution is 2.18. The lowest BCUT2D eigenvalue weighted by atomic mass is 10.2. The number of nitrogens with zero attached hydrogens (tertiary/aromatic N) is 2. The molecule has 2 aromatic carbocycles. The Morgan fingerprint density at radius 1 is 1.00 bits per heavy atom. The van der Waals surface area contributed by atoms with Crippen molar-refractivity contribution in [3.63, 3.8) is 0 Å². The summed E-state index contributed by atoms with van der Waals surface area (Å²) in [6.07, 6.45) is 0. The summed E-state index contributed by atoms with van der Waals surface area (Å²) in [7, 11) is 1.68. The zero-order valence-electron chi connectivity index (χ0n) is 15.9. The van der Waals surface area contributed by atoms with Crippen LogP contribution in [-0.4, -0.2) is 51.5 Å². The van der Waals surface area contributed by atoms with Gasteiger partial charge in [-0.15, -0.1) is 0 Å². The summed E-state index contributed by atoms with van der Waals surface area (Å²) in [5.41, 5.74) is 1.55. The van der Waals surface area contributed by atoms with Gasteiger partial charge >= 0.3 is 5.97 Å². The van der Waals surface area contributed by atoms with Crippen molar-refractivity contribution < 1.29 is 19.5 Å². The van der Waals surface area contributed by atoms with E-state index in [4.69, 9.17) is 0 Å². The maximum Gasteiger partial charge on any atom is 0.324 e. The maximum absolute atomic E-state index is 12.9. The summed E-state index contributed by atoms with van der Waals surface area (Å²) in [6.45, 7) is 1.69. The normalized spacial score (nSPS) is 11.8. The minimum atomic E-state index is -1.09. The maximum atomic E-state index is 12.9. The molecule has 0 bridgehead atoms. The number of amides is 1. The van der Waals surface area contributed by atoms with Gasteiger partial charge in [0.15, 0.2) is 0 Å². The fourth-order valence-electron chi connectivity index (χ4n) is 2.61. The zero-order valence-corrected chi connectivity index (χ0v) is 16.8. The Morgan fingerprint density at radius 2 is 1.57 bits per heavy atom. The topological polar surface area (TPSA) is 77.9 Å². The van der Waals surface area contributed by atoms with Gasteiger partial charge in [-0.25, -0.2) is 5.01 Å². The van der Waals surface area contributed by atoms with Gasteiger partial charge in [-0.1, -0.05) is 79.3 Å². The number of rotatable bonds is 9. The van der Waals surface area contributed by atoms with Crippen molar-refractivity contribution >= 4 is 28.8 Å². The fraction of sp³-hybridized carbons (Fsp3) is 0.286. The molecule has 1 N–H and O–H groups in total. The Bertz CT molecular complexity index is 799. The van der Waals surface area contributed by atoms with Crippen LogP contribution in [0.15, 0.2) is 60.7 Å². The van der Waals surface area contributed by atoms with Gasteiger partial charge in [0.1, 0.15) is 6.54 Å². The van der Waals surface area contributed by atoms with Crippen LogP contribution in [0.5, 0.6) is 0 Å². The lowest BCUT2D eigenvalue weighted by molar-refractivity contribution is -0.160. The molecular formula is C21H24N2O4S. The van der Waals surface area contributed by atoms with Crippen LogP contribution in [0.25, 0.3) is 0 Å². The molecule has 0 radical (unpaired) electrons. The minimum absolute atomic E-state index is 0.109. The summed E-state index contributed by atoms with van der Waals surface area (Å²) in [5.74, 6) is -1.64. The van der Waals surface area contributed by atoms with Gasteiger partial charge in [0.05, 0.1) is 0 Å². The highest BCUT2D eigenvalue weighted by atomic mass is 32.2. The summed E-state index contributed by atoms with van der Waals surface area (Å²) in [5, 5.41) is 11.9. The van der Waals surface area contributed by atoms with E-state index in [0.717, 1.165) is 17.3 Å². The van der Waals surface area contributed by atoms with Crippen molar-refractivity contribution in [1.82, 2.24) is 10.0 Å². The van der Waals surface area contributed by atoms with Crippen molar-refractivity contribution in [2.75, 3.05) is 19.3 Å². The number of carbonyl (C=O) groups is 3. The Labute approximate surface area is 169 Å². The SMILES string of the molecule is CC(CSC(=O)c1ccccc1)C(=O)N(CC(=O)O)N(C)Cc1ccccc1. The number of hydrogen-bond donors (Lipinski definition) is 1. The van der Waals surface area contributed by atoms with E-state index in [9.17, 15) is 19.5 Å².